The van der Waals surface area contributed by atoms with Crippen LogP contribution in [0.25, 0.3) is 0 Å². The Labute approximate surface area is 118 Å². The van der Waals surface area contributed by atoms with Crippen molar-refractivity contribution < 1.29 is 14.3 Å². The topological polar surface area (TPSA) is 51.7 Å². The van der Waals surface area contributed by atoms with E-state index in [0.29, 0.717) is 23.5 Å². The number of nitrogens with zero attached hydrogens (tertiary/aromatic N) is 2. The molecule has 0 N–H and O–H groups in total. The number of Topliss-reactive ketones (excluding diaryl/α,β-unsaturated/α-hetero) is 1. The highest BCUT2D eigenvalue weighted by atomic mass is 16.5. The van der Waals surface area contributed by atoms with E-state index in [1.165, 1.54) is 0 Å². The van der Waals surface area contributed by atoms with Gasteiger partial charge in [0.1, 0.15) is 0 Å². The summed E-state index contributed by atoms with van der Waals surface area (Å²) in [6, 6.07) is 4.27. The second-order valence-electron chi connectivity index (χ2n) is 5.63. The van der Waals surface area contributed by atoms with Crippen LogP contribution in [0.1, 0.15) is 23.2 Å². The maximum absolute atomic E-state index is 12.6. The number of methoxy groups -OCH3 is 1. The van der Waals surface area contributed by atoms with Crippen LogP contribution in [-0.4, -0.2) is 55.1 Å². The molecule has 0 aliphatic carbocycles. The van der Waals surface area contributed by atoms with Gasteiger partial charge in [-0.1, -0.05) is 0 Å². The highest BCUT2D eigenvalue weighted by molar-refractivity contribution is 5.97. The van der Waals surface area contributed by atoms with Crippen molar-refractivity contribution in [2.24, 2.45) is 5.92 Å². The predicted octanol–water partition coefficient (Wildman–Crippen LogP) is 1.38. The van der Waals surface area contributed by atoms with Crippen LogP contribution in [0.2, 0.25) is 0 Å². The standard InChI is InChI=1S/C15H20N2O3/c1-17-12-5-11(6-13(17)9-20-8-12)15(18)10-3-4-14(19-2)16-7-10/h3-4,7,11-13H,5-6,8-9H2,1-2H3. The van der Waals surface area contributed by atoms with E-state index in [4.69, 9.17) is 9.47 Å². The first-order valence-corrected chi connectivity index (χ1v) is 7.03. The summed E-state index contributed by atoms with van der Waals surface area (Å²) in [4.78, 5) is 19.1. The number of hydrogen-bond donors (Lipinski definition) is 0. The summed E-state index contributed by atoms with van der Waals surface area (Å²) in [7, 11) is 3.70. The van der Waals surface area contributed by atoms with Crippen LogP contribution >= 0.6 is 0 Å². The molecule has 0 spiro atoms. The summed E-state index contributed by atoms with van der Waals surface area (Å²) in [5.74, 6) is 0.820. The van der Waals surface area contributed by atoms with Crippen LogP contribution in [0.5, 0.6) is 5.88 Å². The highest BCUT2D eigenvalue weighted by Gasteiger charge is 2.39. The number of piperidine rings is 1. The van der Waals surface area contributed by atoms with Gasteiger partial charge in [0.05, 0.1) is 20.3 Å². The number of aromatic nitrogens is 1. The fraction of sp³-hybridized carbons (Fsp3) is 0.600. The third kappa shape index (κ3) is 2.43. The zero-order valence-electron chi connectivity index (χ0n) is 11.9. The Morgan fingerprint density at radius 3 is 2.60 bits per heavy atom. The molecule has 0 radical (unpaired) electrons. The van der Waals surface area contributed by atoms with E-state index in [-0.39, 0.29) is 11.7 Å². The van der Waals surface area contributed by atoms with Crippen LogP contribution in [-0.2, 0) is 4.74 Å². The molecule has 2 bridgehead atoms. The van der Waals surface area contributed by atoms with Crippen molar-refractivity contribution >= 4 is 5.78 Å². The number of hydrogen-bond acceptors (Lipinski definition) is 5. The number of carbonyl (C=O) groups excluding carboxylic acids is 1. The van der Waals surface area contributed by atoms with Crippen molar-refractivity contribution in [1.82, 2.24) is 9.88 Å². The molecule has 2 aliphatic heterocycles. The fourth-order valence-electron chi connectivity index (χ4n) is 3.19. The van der Waals surface area contributed by atoms with Crippen molar-refractivity contribution in [2.75, 3.05) is 27.4 Å². The van der Waals surface area contributed by atoms with Gasteiger partial charge in [-0.15, -0.1) is 0 Å². The van der Waals surface area contributed by atoms with Crippen LogP contribution in [0, 0.1) is 5.92 Å². The molecule has 5 heteroatoms. The second kappa shape index (κ2) is 5.50. The summed E-state index contributed by atoms with van der Waals surface area (Å²) in [6.07, 6.45) is 3.36. The summed E-state index contributed by atoms with van der Waals surface area (Å²) in [5.41, 5.74) is 0.680. The van der Waals surface area contributed by atoms with Crippen molar-refractivity contribution in [3.8, 4) is 5.88 Å². The Morgan fingerprint density at radius 2 is 2.05 bits per heavy atom. The molecule has 2 atom stereocenters. The van der Waals surface area contributed by atoms with Gasteiger partial charge in [-0.05, 0) is 26.0 Å². The molecule has 0 amide bonds. The highest BCUT2D eigenvalue weighted by Crippen LogP contribution is 2.32. The predicted molar refractivity (Wildman–Crippen MR) is 74.0 cm³/mol. The van der Waals surface area contributed by atoms with Crippen molar-refractivity contribution in [2.45, 2.75) is 24.9 Å². The van der Waals surface area contributed by atoms with E-state index in [0.717, 1.165) is 26.1 Å². The quantitative estimate of drug-likeness (QED) is 0.781. The minimum absolute atomic E-state index is 0.0836. The molecule has 2 aliphatic rings. The Bertz CT molecular complexity index is 474. The van der Waals surface area contributed by atoms with Gasteiger partial charge >= 0.3 is 0 Å². The molecule has 5 nitrogen and oxygen atoms in total. The Kier molecular flexibility index (Phi) is 3.72. The van der Waals surface area contributed by atoms with Gasteiger partial charge in [-0.25, -0.2) is 4.98 Å². The van der Waals surface area contributed by atoms with E-state index in [1.54, 1.807) is 25.4 Å². The number of ether oxygens (including phenoxy) is 2. The molecule has 2 fully saturated rings. The van der Waals surface area contributed by atoms with E-state index in [2.05, 4.69) is 16.9 Å². The van der Waals surface area contributed by atoms with Gasteiger partial charge in [0.2, 0.25) is 5.88 Å². The lowest BCUT2D eigenvalue weighted by atomic mass is 9.81. The molecule has 3 heterocycles. The third-order valence-electron chi connectivity index (χ3n) is 4.49. The molecule has 1 aromatic heterocycles. The molecule has 0 saturated carbocycles. The van der Waals surface area contributed by atoms with Crippen molar-refractivity contribution in [1.29, 1.82) is 0 Å². The zero-order chi connectivity index (χ0) is 14.1. The molecule has 2 saturated heterocycles. The number of morpholine rings is 1. The fourth-order valence-corrected chi connectivity index (χ4v) is 3.19. The summed E-state index contributed by atoms with van der Waals surface area (Å²) < 4.78 is 10.6. The average Bonchev–Trinajstić information content (AvgIpc) is 2.46. The summed E-state index contributed by atoms with van der Waals surface area (Å²) in [6.45, 7) is 1.47. The monoisotopic (exact) mass is 276 g/mol. The molecular weight excluding hydrogens is 256 g/mol. The zero-order valence-corrected chi connectivity index (χ0v) is 11.9. The SMILES string of the molecule is COc1ccc(C(=O)C2CC3COCC(C2)N3C)cn1. The molecule has 1 aromatic rings. The first-order valence-electron chi connectivity index (χ1n) is 7.03. The first-order chi connectivity index (χ1) is 9.69. The van der Waals surface area contributed by atoms with E-state index in [1.807, 2.05) is 0 Å². The van der Waals surface area contributed by atoms with Gasteiger partial charge in [-0.2, -0.15) is 0 Å². The average molecular weight is 276 g/mol. The molecule has 20 heavy (non-hydrogen) atoms. The lowest BCUT2D eigenvalue weighted by Gasteiger charge is -2.46. The van der Waals surface area contributed by atoms with Gasteiger partial charge in [-0.3, -0.25) is 9.69 Å². The Morgan fingerprint density at radius 1 is 1.35 bits per heavy atom. The molecule has 108 valence electrons. The van der Waals surface area contributed by atoms with E-state index < -0.39 is 0 Å². The lowest BCUT2D eigenvalue weighted by Crippen LogP contribution is -2.55. The Balaban J connectivity index is 1.74. The smallest absolute Gasteiger partial charge is 0.212 e. The Hall–Kier alpha value is -1.46. The molecular formula is C15H20N2O3. The van der Waals surface area contributed by atoms with Crippen LogP contribution in [0.4, 0.5) is 0 Å². The molecule has 3 rings (SSSR count). The number of pyridine rings is 1. The van der Waals surface area contributed by atoms with E-state index in [9.17, 15) is 4.79 Å². The van der Waals surface area contributed by atoms with Gasteiger partial charge in [0.25, 0.3) is 0 Å². The molecule has 0 aromatic carbocycles. The second-order valence-corrected chi connectivity index (χ2v) is 5.63. The lowest BCUT2D eigenvalue weighted by molar-refractivity contribution is -0.0702. The van der Waals surface area contributed by atoms with Crippen LogP contribution in [0.3, 0.4) is 0 Å². The minimum atomic E-state index is 0.0836. The largest absolute Gasteiger partial charge is 0.481 e. The number of likely N-dealkylation sites (N-methyl/N-ethyl adjacent to an activating group) is 1. The number of rotatable bonds is 3. The maximum atomic E-state index is 12.6. The van der Waals surface area contributed by atoms with Crippen molar-refractivity contribution in [3.63, 3.8) is 0 Å². The third-order valence-corrected chi connectivity index (χ3v) is 4.49. The summed E-state index contributed by atoms with van der Waals surface area (Å²) in [5, 5.41) is 0. The number of fused-ring (bicyclic) bond motifs is 2. The van der Waals surface area contributed by atoms with Gasteiger partial charge in [0, 0.05) is 35.8 Å². The van der Waals surface area contributed by atoms with Crippen LogP contribution < -0.4 is 4.74 Å². The molecule has 2 unspecified atom stereocenters. The number of ketones is 1. The first kappa shape index (κ1) is 13.5. The van der Waals surface area contributed by atoms with Crippen molar-refractivity contribution in [3.05, 3.63) is 23.9 Å². The van der Waals surface area contributed by atoms with E-state index >= 15 is 0 Å². The van der Waals surface area contributed by atoms with Gasteiger partial charge < -0.3 is 9.47 Å². The summed E-state index contributed by atoms with van der Waals surface area (Å²) >= 11 is 0. The van der Waals surface area contributed by atoms with Crippen LogP contribution in [0.15, 0.2) is 18.3 Å². The maximum Gasteiger partial charge on any atom is 0.212 e. The number of carbonyl (C=O) groups is 1. The van der Waals surface area contributed by atoms with Gasteiger partial charge in [0.15, 0.2) is 5.78 Å². The normalized spacial score (nSPS) is 30.0. The minimum Gasteiger partial charge on any atom is -0.481 e.